The van der Waals surface area contributed by atoms with Crippen molar-refractivity contribution in [3.05, 3.63) is 0 Å². The molecule has 0 amide bonds. The molecule has 8 heavy (non-hydrogen) atoms. The van der Waals surface area contributed by atoms with E-state index in [1.165, 1.54) is 6.42 Å². The number of alkyl halides is 1. The van der Waals surface area contributed by atoms with Crippen molar-refractivity contribution in [3.63, 3.8) is 0 Å². The molecular formula is C6H13IO. The van der Waals surface area contributed by atoms with Gasteiger partial charge in [0.15, 0.2) is 0 Å². The van der Waals surface area contributed by atoms with Gasteiger partial charge in [0, 0.05) is 10.5 Å². The molecule has 1 nitrogen and oxygen atoms in total. The van der Waals surface area contributed by atoms with Crippen LogP contribution in [0.1, 0.15) is 20.3 Å². The van der Waals surface area contributed by atoms with Gasteiger partial charge in [-0.3, -0.25) is 0 Å². The van der Waals surface area contributed by atoms with E-state index in [9.17, 15) is 0 Å². The summed E-state index contributed by atoms with van der Waals surface area (Å²) in [5, 5.41) is 0. The fourth-order valence-electron chi connectivity index (χ4n) is 0.364. The van der Waals surface area contributed by atoms with Crippen molar-refractivity contribution in [3.8, 4) is 0 Å². The molecule has 0 saturated carbocycles. The van der Waals surface area contributed by atoms with Gasteiger partial charge < -0.3 is 4.74 Å². The summed E-state index contributed by atoms with van der Waals surface area (Å²) in [6, 6.07) is 0. The zero-order valence-corrected chi connectivity index (χ0v) is 7.64. The largest absolute Gasteiger partial charge is 0.381 e. The number of hydrogen-bond acceptors (Lipinski definition) is 1. The molecule has 0 aliphatic rings. The van der Waals surface area contributed by atoms with Crippen molar-refractivity contribution in [2.45, 2.75) is 24.2 Å². The van der Waals surface area contributed by atoms with Crippen molar-refractivity contribution in [2.24, 2.45) is 0 Å². The van der Waals surface area contributed by atoms with Crippen LogP contribution in [0.4, 0.5) is 0 Å². The Balaban J connectivity index is 2.86. The summed E-state index contributed by atoms with van der Waals surface area (Å²) in [5.41, 5.74) is 0. The molecule has 0 saturated heterocycles. The average molecular weight is 228 g/mol. The molecule has 50 valence electrons. The first-order valence-corrected chi connectivity index (χ1v) is 4.27. The van der Waals surface area contributed by atoms with Crippen molar-refractivity contribution in [2.75, 3.05) is 13.2 Å². The van der Waals surface area contributed by atoms with Crippen LogP contribution in [0.2, 0.25) is 0 Å². The lowest BCUT2D eigenvalue weighted by Crippen LogP contribution is -2.05. The van der Waals surface area contributed by atoms with E-state index in [1.54, 1.807) is 0 Å². The van der Waals surface area contributed by atoms with Gasteiger partial charge in [0.05, 0.1) is 6.61 Å². The highest BCUT2D eigenvalue weighted by Crippen LogP contribution is 2.04. The Hall–Kier alpha value is 0.690. The molecule has 0 aliphatic carbocycles. The van der Waals surface area contributed by atoms with Gasteiger partial charge in [-0.2, -0.15) is 0 Å². The summed E-state index contributed by atoms with van der Waals surface area (Å²) < 4.78 is 5.88. The van der Waals surface area contributed by atoms with Crippen LogP contribution in [-0.2, 0) is 4.74 Å². The third-order valence-corrected chi connectivity index (χ3v) is 2.19. The van der Waals surface area contributed by atoms with Crippen LogP contribution in [0.5, 0.6) is 0 Å². The van der Waals surface area contributed by atoms with Gasteiger partial charge >= 0.3 is 0 Å². The lowest BCUT2D eigenvalue weighted by molar-refractivity contribution is 0.150. The fourth-order valence-corrected chi connectivity index (χ4v) is 0.618. The second kappa shape index (κ2) is 5.82. The molecule has 0 N–H and O–H groups in total. The van der Waals surface area contributed by atoms with E-state index < -0.39 is 0 Å². The maximum atomic E-state index is 5.18. The minimum atomic E-state index is 0.701. The highest BCUT2D eigenvalue weighted by Gasteiger charge is 1.96. The topological polar surface area (TPSA) is 9.23 Å². The molecule has 0 heterocycles. The minimum absolute atomic E-state index is 0.701. The van der Waals surface area contributed by atoms with Crippen molar-refractivity contribution in [1.82, 2.24) is 0 Å². The van der Waals surface area contributed by atoms with Gasteiger partial charge in [0.2, 0.25) is 0 Å². The van der Waals surface area contributed by atoms with E-state index in [-0.39, 0.29) is 0 Å². The van der Waals surface area contributed by atoms with Gasteiger partial charge in [0.25, 0.3) is 0 Å². The van der Waals surface area contributed by atoms with Crippen molar-refractivity contribution < 1.29 is 4.74 Å². The molecule has 1 atom stereocenters. The van der Waals surface area contributed by atoms with E-state index in [2.05, 4.69) is 29.5 Å². The highest BCUT2D eigenvalue weighted by atomic mass is 127. The van der Waals surface area contributed by atoms with Gasteiger partial charge in [-0.25, -0.2) is 0 Å². The van der Waals surface area contributed by atoms with Crippen LogP contribution in [0.3, 0.4) is 0 Å². The Morgan fingerprint density at radius 3 is 2.50 bits per heavy atom. The second-order valence-electron chi connectivity index (χ2n) is 1.66. The molecule has 0 aromatic rings. The summed E-state index contributed by atoms with van der Waals surface area (Å²) in [6.07, 6.45) is 1.21. The number of rotatable bonds is 4. The quantitative estimate of drug-likeness (QED) is 0.529. The third-order valence-electron chi connectivity index (χ3n) is 0.946. The first-order valence-electron chi connectivity index (χ1n) is 3.03. The molecule has 0 rings (SSSR count). The van der Waals surface area contributed by atoms with Crippen LogP contribution < -0.4 is 0 Å². The molecule has 2 heteroatoms. The van der Waals surface area contributed by atoms with E-state index in [0.717, 1.165) is 13.2 Å². The van der Waals surface area contributed by atoms with E-state index >= 15 is 0 Å². The van der Waals surface area contributed by atoms with Crippen molar-refractivity contribution in [1.29, 1.82) is 0 Å². The fraction of sp³-hybridized carbons (Fsp3) is 1.00. The second-order valence-corrected chi connectivity index (χ2v) is 3.43. The molecule has 0 bridgehead atoms. The number of halogens is 1. The first kappa shape index (κ1) is 8.69. The van der Waals surface area contributed by atoms with Crippen LogP contribution >= 0.6 is 22.6 Å². The SMILES string of the molecule is CCOCC(I)CC. The number of ether oxygens (including phenoxy) is 1. The van der Waals surface area contributed by atoms with Crippen LogP contribution in [0, 0.1) is 0 Å². The molecule has 0 aromatic carbocycles. The molecule has 1 unspecified atom stereocenters. The number of hydrogen-bond donors (Lipinski definition) is 0. The molecule has 0 spiro atoms. The minimum Gasteiger partial charge on any atom is -0.381 e. The zero-order valence-electron chi connectivity index (χ0n) is 5.48. The summed E-state index contributed by atoms with van der Waals surface area (Å²) in [7, 11) is 0. The maximum Gasteiger partial charge on any atom is 0.0583 e. The molecule has 0 aliphatic heterocycles. The molecule has 0 fully saturated rings. The molecule has 0 radical (unpaired) electrons. The van der Waals surface area contributed by atoms with E-state index in [0.29, 0.717) is 3.92 Å². The maximum absolute atomic E-state index is 5.18. The Labute approximate surface area is 64.9 Å². The predicted octanol–water partition coefficient (Wildman–Crippen LogP) is 2.24. The molecule has 0 aromatic heterocycles. The lowest BCUT2D eigenvalue weighted by Gasteiger charge is -2.04. The average Bonchev–Trinajstić information content (AvgIpc) is 1.83. The summed E-state index contributed by atoms with van der Waals surface area (Å²) in [5.74, 6) is 0. The monoisotopic (exact) mass is 228 g/mol. The van der Waals surface area contributed by atoms with Gasteiger partial charge in [0.1, 0.15) is 0 Å². The summed E-state index contributed by atoms with van der Waals surface area (Å²) in [4.78, 5) is 0. The molecular weight excluding hydrogens is 215 g/mol. The Bertz CT molecular complexity index is 47.8. The summed E-state index contributed by atoms with van der Waals surface area (Å²) in [6.45, 7) is 5.96. The first-order chi connectivity index (χ1) is 3.81. The van der Waals surface area contributed by atoms with Crippen LogP contribution in [0.15, 0.2) is 0 Å². The smallest absolute Gasteiger partial charge is 0.0583 e. The zero-order chi connectivity index (χ0) is 6.41. The lowest BCUT2D eigenvalue weighted by atomic mass is 10.4. The Morgan fingerprint density at radius 1 is 1.50 bits per heavy atom. The van der Waals surface area contributed by atoms with Gasteiger partial charge in [-0.15, -0.1) is 0 Å². The van der Waals surface area contributed by atoms with Gasteiger partial charge in [-0.1, -0.05) is 29.5 Å². The van der Waals surface area contributed by atoms with Gasteiger partial charge in [-0.05, 0) is 13.3 Å². The predicted molar refractivity (Wildman–Crippen MR) is 44.6 cm³/mol. The van der Waals surface area contributed by atoms with Crippen LogP contribution in [0.25, 0.3) is 0 Å². The van der Waals surface area contributed by atoms with Crippen LogP contribution in [-0.4, -0.2) is 17.1 Å². The Kier molecular flexibility index (Phi) is 6.32. The van der Waals surface area contributed by atoms with Crippen molar-refractivity contribution >= 4 is 22.6 Å². The highest BCUT2D eigenvalue weighted by molar-refractivity contribution is 14.1. The van der Waals surface area contributed by atoms with E-state index in [1.807, 2.05) is 6.92 Å². The normalized spacial score (nSPS) is 13.9. The third kappa shape index (κ3) is 4.84. The standard InChI is InChI=1S/C6H13IO/c1-3-6(7)5-8-4-2/h6H,3-5H2,1-2H3. The van der Waals surface area contributed by atoms with E-state index in [4.69, 9.17) is 4.74 Å². The summed E-state index contributed by atoms with van der Waals surface area (Å²) >= 11 is 2.40. The Morgan fingerprint density at radius 2 is 2.12 bits per heavy atom.